The van der Waals surface area contributed by atoms with Gasteiger partial charge in [-0.2, -0.15) is 18.3 Å². The number of carbonyl (C=O) groups excluding carboxylic acids is 2. The molecule has 0 spiro atoms. The van der Waals surface area contributed by atoms with Gasteiger partial charge in [0, 0.05) is 5.69 Å². The van der Waals surface area contributed by atoms with E-state index < -0.39 is 23.6 Å². The highest BCUT2D eigenvalue weighted by Crippen LogP contribution is 2.30. The smallest absolute Gasteiger partial charge is 0.372 e. The predicted molar refractivity (Wildman–Crippen MR) is 117 cm³/mol. The highest BCUT2D eigenvalue weighted by Gasteiger charge is 2.40. The fourth-order valence-corrected chi connectivity index (χ4v) is 3.09. The summed E-state index contributed by atoms with van der Waals surface area (Å²) in [4.78, 5) is 24.2. The molecule has 3 rings (SSSR count). The van der Waals surface area contributed by atoms with Crippen LogP contribution >= 0.6 is 0 Å². The Bertz CT molecular complexity index is 1120. The molecule has 3 N–H and O–H groups in total. The monoisotopic (exact) mass is 455 g/mol. The first-order valence-electron chi connectivity index (χ1n) is 9.79. The molecular formula is C24H20F3N3O3. The Morgan fingerprint density at radius 2 is 1.36 bits per heavy atom. The number of benzene rings is 3. The summed E-state index contributed by atoms with van der Waals surface area (Å²) in [7, 11) is 0. The van der Waals surface area contributed by atoms with E-state index in [9.17, 15) is 27.9 Å². The van der Waals surface area contributed by atoms with E-state index in [0.717, 1.165) is 0 Å². The number of halogens is 3. The molecular weight excluding hydrogens is 435 g/mol. The summed E-state index contributed by atoms with van der Waals surface area (Å²) in [6, 6.07) is 22.2. The Morgan fingerprint density at radius 3 is 1.88 bits per heavy atom. The first kappa shape index (κ1) is 23.7. The van der Waals surface area contributed by atoms with Crippen molar-refractivity contribution < 1.29 is 27.9 Å². The molecule has 9 heteroatoms. The Hall–Kier alpha value is -3.98. The number of nitrogens with one attached hydrogen (secondary N) is 2. The third kappa shape index (κ3) is 5.45. The SMILES string of the molecule is C/C(=N/NC(=O)C(O)(c1ccccc1)c1ccccc1)c1cccc(NC(=O)C(F)(F)F)c1. The number of aliphatic hydroxyl groups is 1. The van der Waals surface area contributed by atoms with Crippen LogP contribution < -0.4 is 10.7 Å². The average molecular weight is 455 g/mol. The van der Waals surface area contributed by atoms with Crippen LogP contribution in [0.5, 0.6) is 0 Å². The van der Waals surface area contributed by atoms with Crippen LogP contribution in [-0.4, -0.2) is 28.8 Å². The Kier molecular flexibility index (Phi) is 6.93. The Balaban J connectivity index is 1.85. The van der Waals surface area contributed by atoms with Crippen molar-refractivity contribution in [1.29, 1.82) is 0 Å². The molecule has 3 aromatic rings. The van der Waals surface area contributed by atoms with Gasteiger partial charge in [0.1, 0.15) is 0 Å². The molecule has 0 saturated heterocycles. The fraction of sp³-hybridized carbons (Fsp3) is 0.125. The lowest BCUT2D eigenvalue weighted by Gasteiger charge is -2.27. The molecule has 0 radical (unpaired) electrons. The minimum absolute atomic E-state index is 0.0826. The van der Waals surface area contributed by atoms with E-state index in [0.29, 0.717) is 16.7 Å². The lowest BCUT2D eigenvalue weighted by Crippen LogP contribution is -2.43. The first-order valence-corrected chi connectivity index (χ1v) is 9.79. The molecule has 0 aliphatic carbocycles. The zero-order valence-corrected chi connectivity index (χ0v) is 17.4. The lowest BCUT2D eigenvalue weighted by molar-refractivity contribution is -0.167. The van der Waals surface area contributed by atoms with Gasteiger partial charge in [0.25, 0.3) is 5.91 Å². The minimum atomic E-state index is -5.02. The standard InChI is InChI=1S/C24H20F3N3O3/c1-16(17-9-8-14-20(15-17)28-22(32)24(25,26)27)29-30-21(31)23(33,18-10-4-2-5-11-18)19-12-6-3-7-13-19/h2-15,33H,1H3,(H,28,32)(H,30,31)/b29-16-. The van der Waals surface area contributed by atoms with Gasteiger partial charge in [0.2, 0.25) is 0 Å². The summed E-state index contributed by atoms with van der Waals surface area (Å²) in [5.74, 6) is -2.92. The topological polar surface area (TPSA) is 90.8 Å². The summed E-state index contributed by atoms with van der Waals surface area (Å²) in [6.07, 6.45) is -5.02. The van der Waals surface area contributed by atoms with Gasteiger partial charge in [-0.25, -0.2) is 5.43 Å². The maximum absolute atomic E-state index is 13.1. The first-order chi connectivity index (χ1) is 15.6. The number of anilines is 1. The van der Waals surface area contributed by atoms with Crippen LogP contribution in [-0.2, 0) is 15.2 Å². The molecule has 170 valence electrons. The molecule has 0 fully saturated rings. The summed E-state index contributed by atoms with van der Waals surface area (Å²) in [6.45, 7) is 1.52. The quantitative estimate of drug-likeness (QED) is 0.388. The largest absolute Gasteiger partial charge is 0.471 e. The van der Waals surface area contributed by atoms with Crippen LogP contribution in [0.1, 0.15) is 23.6 Å². The zero-order chi connectivity index (χ0) is 24.1. The van der Waals surface area contributed by atoms with E-state index in [1.807, 2.05) is 0 Å². The highest BCUT2D eigenvalue weighted by molar-refractivity contribution is 6.02. The van der Waals surface area contributed by atoms with Crippen LogP contribution in [0.15, 0.2) is 90.0 Å². The minimum Gasteiger partial charge on any atom is -0.372 e. The van der Waals surface area contributed by atoms with Crippen molar-refractivity contribution in [2.45, 2.75) is 18.7 Å². The van der Waals surface area contributed by atoms with E-state index in [4.69, 9.17) is 0 Å². The number of rotatable bonds is 6. The van der Waals surface area contributed by atoms with Crippen molar-refractivity contribution in [3.8, 4) is 0 Å². The molecule has 2 amide bonds. The number of carbonyl (C=O) groups is 2. The average Bonchev–Trinajstić information content (AvgIpc) is 2.82. The van der Waals surface area contributed by atoms with Gasteiger partial charge >= 0.3 is 12.1 Å². The Labute approximate surface area is 187 Å². The molecule has 33 heavy (non-hydrogen) atoms. The number of hydrogen-bond donors (Lipinski definition) is 3. The molecule has 0 aromatic heterocycles. The fourth-order valence-electron chi connectivity index (χ4n) is 3.09. The van der Waals surface area contributed by atoms with Gasteiger partial charge in [-0.05, 0) is 35.7 Å². The molecule has 0 saturated carbocycles. The maximum atomic E-state index is 13.1. The third-order valence-electron chi connectivity index (χ3n) is 4.83. The molecule has 0 heterocycles. The van der Waals surface area contributed by atoms with Crippen LogP contribution in [0.4, 0.5) is 18.9 Å². The van der Waals surface area contributed by atoms with Gasteiger partial charge in [0.15, 0.2) is 5.60 Å². The summed E-state index contributed by atoms with van der Waals surface area (Å²) >= 11 is 0. The molecule has 0 aliphatic rings. The van der Waals surface area contributed by atoms with Gasteiger partial charge < -0.3 is 10.4 Å². The van der Waals surface area contributed by atoms with Crippen molar-refractivity contribution >= 4 is 23.2 Å². The van der Waals surface area contributed by atoms with Gasteiger partial charge in [-0.15, -0.1) is 0 Å². The molecule has 3 aromatic carbocycles. The third-order valence-corrected chi connectivity index (χ3v) is 4.83. The van der Waals surface area contributed by atoms with Gasteiger partial charge in [0.05, 0.1) is 5.71 Å². The number of hydrazone groups is 1. The summed E-state index contributed by atoms with van der Waals surface area (Å²) in [5, 5.41) is 17.2. The maximum Gasteiger partial charge on any atom is 0.471 e. The molecule has 0 aliphatic heterocycles. The van der Waals surface area contributed by atoms with Gasteiger partial charge in [-0.3, -0.25) is 9.59 Å². The van der Waals surface area contributed by atoms with E-state index in [2.05, 4.69) is 10.5 Å². The van der Waals surface area contributed by atoms with Crippen molar-refractivity contribution in [1.82, 2.24) is 5.43 Å². The lowest BCUT2D eigenvalue weighted by atomic mass is 9.85. The van der Waals surface area contributed by atoms with Crippen LogP contribution in [0.25, 0.3) is 0 Å². The van der Waals surface area contributed by atoms with Crippen LogP contribution in [0.3, 0.4) is 0 Å². The van der Waals surface area contributed by atoms with E-state index in [-0.39, 0.29) is 11.4 Å². The van der Waals surface area contributed by atoms with E-state index >= 15 is 0 Å². The number of hydrogen-bond acceptors (Lipinski definition) is 4. The molecule has 0 unspecified atom stereocenters. The second kappa shape index (κ2) is 9.66. The number of amides is 2. The molecule has 6 nitrogen and oxygen atoms in total. The predicted octanol–water partition coefficient (Wildman–Crippen LogP) is 3.96. The second-order valence-corrected chi connectivity index (χ2v) is 7.11. The van der Waals surface area contributed by atoms with E-state index in [1.165, 1.54) is 25.1 Å². The van der Waals surface area contributed by atoms with Crippen LogP contribution in [0.2, 0.25) is 0 Å². The van der Waals surface area contributed by atoms with Crippen molar-refractivity contribution in [3.63, 3.8) is 0 Å². The number of nitrogens with zero attached hydrogens (tertiary/aromatic N) is 1. The zero-order valence-electron chi connectivity index (χ0n) is 17.4. The Morgan fingerprint density at radius 1 is 0.818 bits per heavy atom. The van der Waals surface area contributed by atoms with Crippen molar-refractivity contribution in [3.05, 3.63) is 102 Å². The van der Waals surface area contributed by atoms with Gasteiger partial charge in [-0.1, -0.05) is 72.8 Å². The molecule has 0 atom stereocenters. The highest BCUT2D eigenvalue weighted by atomic mass is 19.4. The summed E-state index contributed by atoms with van der Waals surface area (Å²) < 4.78 is 37.5. The normalized spacial score (nSPS) is 12.2. The summed E-state index contributed by atoms with van der Waals surface area (Å²) in [5.41, 5.74) is 1.49. The van der Waals surface area contributed by atoms with E-state index in [1.54, 1.807) is 72.0 Å². The van der Waals surface area contributed by atoms with Crippen LogP contribution in [0, 0.1) is 0 Å². The molecule has 0 bridgehead atoms. The number of alkyl halides is 3. The van der Waals surface area contributed by atoms with Crippen molar-refractivity contribution in [2.75, 3.05) is 5.32 Å². The van der Waals surface area contributed by atoms with Crippen molar-refractivity contribution in [2.24, 2.45) is 5.10 Å². The second-order valence-electron chi connectivity index (χ2n) is 7.11.